The van der Waals surface area contributed by atoms with Gasteiger partial charge in [-0.15, -0.1) is 0 Å². The van der Waals surface area contributed by atoms with E-state index in [1.54, 1.807) is 0 Å². The maximum Gasteiger partial charge on any atom is 0.308 e. The van der Waals surface area contributed by atoms with Crippen LogP contribution >= 0.6 is 0 Å². The number of rotatable bonds is 6. The maximum absolute atomic E-state index is 12.7. The van der Waals surface area contributed by atoms with Gasteiger partial charge in [-0.1, -0.05) is 13.3 Å². The van der Waals surface area contributed by atoms with Gasteiger partial charge < -0.3 is 14.0 Å². The number of hydrogen-bond acceptors (Lipinski definition) is 6. The number of nitro groups is 1. The fourth-order valence-electron chi connectivity index (χ4n) is 2.47. The molecule has 0 atom stereocenters. The summed E-state index contributed by atoms with van der Waals surface area (Å²) in [7, 11) is 1.35. The topological polar surface area (TPSA) is 101 Å². The zero-order valence-electron chi connectivity index (χ0n) is 13.7. The quantitative estimate of drug-likeness (QED) is 0.457. The molecule has 0 bridgehead atoms. The number of nitro benzene ring substituents is 1. The molecule has 8 nitrogen and oxygen atoms in total. The summed E-state index contributed by atoms with van der Waals surface area (Å²) in [6, 6.07) is 4.13. The normalized spacial score (nSPS) is 10.6. The molecule has 8 heteroatoms. The molecule has 0 fully saturated rings. The van der Waals surface area contributed by atoms with Crippen molar-refractivity contribution in [3.63, 3.8) is 0 Å². The number of fused-ring (bicyclic) bond motifs is 1. The number of carbonyl (C=O) groups excluding carboxylic acids is 1. The molecule has 2 aromatic rings. The van der Waals surface area contributed by atoms with E-state index in [4.69, 9.17) is 9.47 Å². The van der Waals surface area contributed by atoms with Crippen LogP contribution in [0.3, 0.4) is 0 Å². The van der Waals surface area contributed by atoms with E-state index < -0.39 is 16.5 Å². The molecule has 2 rings (SSSR count). The third-order valence-corrected chi connectivity index (χ3v) is 3.56. The van der Waals surface area contributed by atoms with Crippen LogP contribution in [-0.4, -0.2) is 22.6 Å². The van der Waals surface area contributed by atoms with E-state index in [1.165, 1.54) is 36.8 Å². The zero-order valence-corrected chi connectivity index (χ0v) is 13.7. The summed E-state index contributed by atoms with van der Waals surface area (Å²) in [5.74, 6) is -0.760. The first-order chi connectivity index (χ1) is 11.4. The lowest BCUT2D eigenvalue weighted by atomic mass is 10.1. The van der Waals surface area contributed by atoms with Crippen molar-refractivity contribution in [2.24, 2.45) is 0 Å². The van der Waals surface area contributed by atoms with Crippen molar-refractivity contribution in [3.05, 3.63) is 38.7 Å². The number of hydrogen-bond donors (Lipinski definition) is 0. The zero-order chi connectivity index (χ0) is 17.9. The Morgan fingerprint density at radius 2 is 2.04 bits per heavy atom. The van der Waals surface area contributed by atoms with E-state index in [0.29, 0.717) is 23.9 Å². The van der Waals surface area contributed by atoms with Crippen molar-refractivity contribution in [3.8, 4) is 11.5 Å². The summed E-state index contributed by atoms with van der Waals surface area (Å²) < 4.78 is 11.7. The molecule has 0 spiro atoms. The Balaban J connectivity index is 2.87. The van der Waals surface area contributed by atoms with Crippen molar-refractivity contribution in [1.29, 1.82) is 0 Å². The summed E-state index contributed by atoms with van der Waals surface area (Å²) >= 11 is 0. The Labute approximate surface area is 137 Å². The van der Waals surface area contributed by atoms with Crippen LogP contribution in [0.25, 0.3) is 10.9 Å². The molecule has 0 unspecified atom stereocenters. The number of non-ortho nitro benzene ring substituents is 1. The van der Waals surface area contributed by atoms with Gasteiger partial charge in [-0.05, 0) is 12.5 Å². The molecule has 0 amide bonds. The summed E-state index contributed by atoms with van der Waals surface area (Å²) in [6.07, 6.45) is 1.53. The van der Waals surface area contributed by atoms with Crippen molar-refractivity contribution in [2.75, 3.05) is 7.11 Å². The molecule has 1 heterocycles. The van der Waals surface area contributed by atoms with Crippen LogP contribution in [0.2, 0.25) is 0 Å². The molecule has 1 aromatic heterocycles. The molecule has 0 saturated carbocycles. The number of benzene rings is 1. The standard InChI is InChI=1S/C16H18N2O6/c1-4-5-8-17-13-9-11(18(21)22)6-7-12(13)14(23-3)15(16(17)20)24-10(2)19/h6-7,9H,4-5,8H2,1-3H3. The predicted molar refractivity (Wildman–Crippen MR) is 87.6 cm³/mol. The minimum Gasteiger partial charge on any atom is -0.492 e. The van der Waals surface area contributed by atoms with Gasteiger partial charge in [0.25, 0.3) is 11.2 Å². The van der Waals surface area contributed by atoms with Crippen molar-refractivity contribution in [1.82, 2.24) is 4.57 Å². The highest BCUT2D eigenvalue weighted by molar-refractivity contribution is 5.90. The molecule has 0 aliphatic heterocycles. The largest absolute Gasteiger partial charge is 0.492 e. The number of methoxy groups -OCH3 is 1. The third kappa shape index (κ3) is 3.22. The smallest absolute Gasteiger partial charge is 0.308 e. The Bertz CT molecular complexity index is 856. The second-order valence-electron chi connectivity index (χ2n) is 5.22. The molecule has 0 saturated heterocycles. The van der Waals surface area contributed by atoms with E-state index in [0.717, 1.165) is 6.42 Å². The molecule has 24 heavy (non-hydrogen) atoms. The summed E-state index contributed by atoms with van der Waals surface area (Å²) in [5.41, 5.74) is -0.312. The fraction of sp³-hybridized carbons (Fsp3) is 0.375. The highest BCUT2D eigenvalue weighted by atomic mass is 16.6. The van der Waals surface area contributed by atoms with E-state index >= 15 is 0 Å². The number of aromatic nitrogens is 1. The molecular weight excluding hydrogens is 316 g/mol. The first-order valence-electron chi connectivity index (χ1n) is 7.48. The fourth-order valence-corrected chi connectivity index (χ4v) is 2.47. The van der Waals surface area contributed by atoms with Crippen molar-refractivity contribution in [2.45, 2.75) is 33.2 Å². The average molecular weight is 334 g/mol. The van der Waals surface area contributed by atoms with Crippen molar-refractivity contribution < 1.29 is 19.2 Å². The number of aryl methyl sites for hydroxylation is 1. The van der Waals surface area contributed by atoms with Crippen LogP contribution in [0.15, 0.2) is 23.0 Å². The van der Waals surface area contributed by atoms with Crippen LogP contribution in [0.1, 0.15) is 26.7 Å². The highest BCUT2D eigenvalue weighted by Gasteiger charge is 2.22. The number of esters is 1. The Kier molecular flexibility index (Phi) is 5.18. The minimum atomic E-state index is -0.645. The number of carbonyl (C=O) groups is 1. The molecule has 0 aliphatic carbocycles. The van der Waals surface area contributed by atoms with Gasteiger partial charge in [0, 0.05) is 31.0 Å². The van der Waals surface area contributed by atoms with Gasteiger partial charge >= 0.3 is 5.97 Å². The number of nitrogens with zero attached hydrogens (tertiary/aromatic N) is 2. The molecule has 0 radical (unpaired) electrons. The number of unbranched alkanes of at least 4 members (excludes halogenated alkanes) is 1. The van der Waals surface area contributed by atoms with E-state index in [-0.39, 0.29) is 17.2 Å². The second-order valence-corrected chi connectivity index (χ2v) is 5.22. The molecule has 128 valence electrons. The lowest BCUT2D eigenvalue weighted by molar-refractivity contribution is -0.384. The van der Waals surface area contributed by atoms with Crippen molar-refractivity contribution >= 4 is 22.6 Å². The molecule has 1 aromatic carbocycles. The SMILES string of the molecule is CCCCn1c(=O)c(OC(C)=O)c(OC)c2ccc([N+](=O)[O-])cc21. The molecule has 0 aliphatic rings. The molecule has 0 N–H and O–H groups in total. The monoisotopic (exact) mass is 334 g/mol. The van der Waals surface area contributed by atoms with Crippen LogP contribution in [-0.2, 0) is 11.3 Å². The first kappa shape index (κ1) is 17.5. The average Bonchev–Trinajstić information content (AvgIpc) is 2.54. The third-order valence-electron chi connectivity index (χ3n) is 3.56. The molecular formula is C16H18N2O6. The van der Waals surface area contributed by atoms with Gasteiger partial charge in [0.1, 0.15) is 0 Å². The van der Waals surface area contributed by atoms with Crippen LogP contribution in [0.4, 0.5) is 5.69 Å². The maximum atomic E-state index is 12.7. The Morgan fingerprint density at radius 3 is 2.58 bits per heavy atom. The lowest BCUT2D eigenvalue weighted by Gasteiger charge is -2.16. The van der Waals surface area contributed by atoms with Crippen LogP contribution in [0.5, 0.6) is 11.5 Å². The summed E-state index contributed by atoms with van der Waals surface area (Å²) in [6.45, 7) is 3.51. The van der Waals surface area contributed by atoms with E-state index in [2.05, 4.69) is 0 Å². The van der Waals surface area contributed by atoms with E-state index in [9.17, 15) is 19.7 Å². The first-order valence-corrected chi connectivity index (χ1v) is 7.48. The van der Waals surface area contributed by atoms with Gasteiger partial charge in [0.05, 0.1) is 17.5 Å². The summed E-state index contributed by atoms with van der Waals surface area (Å²) in [4.78, 5) is 34.6. The van der Waals surface area contributed by atoms with Gasteiger partial charge in [-0.2, -0.15) is 0 Å². The number of ether oxygens (including phenoxy) is 2. The van der Waals surface area contributed by atoms with Gasteiger partial charge in [-0.25, -0.2) is 0 Å². The van der Waals surface area contributed by atoms with Gasteiger partial charge in [0.2, 0.25) is 5.75 Å². The predicted octanol–water partition coefficient (Wildman–Crippen LogP) is 2.64. The second kappa shape index (κ2) is 7.12. The Morgan fingerprint density at radius 1 is 1.33 bits per heavy atom. The van der Waals surface area contributed by atoms with E-state index in [1.807, 2.05) is 6.92 Å². The van der Waals surface area contributed by atoms with Gasteiger partial charge in [0.15, 0.2) is 5.75 Å². The highest BCUT2D eigenvalue weighted by Crippen LogP contribution is 2.34. The van der Waals surface area contributed by atoms with Crippen LogP contribution < -0.4 is 15.0 Å². The van der Waals surface area contributed by atoms with Gasteiger partial charge in [-0.3, -0.25) is 19.7 Å². The summed E-state index contributed by atoms with van der Waals surface area (Å²) in [5, 5.41) is 11.5. The lowest BCUT2D eigenvalue weighted by Crippen LogP contribution is -2.24. The Hall–Kier alpha value is -2.90. The van der Waals surface area contributed by atoms with Crippen LogP contribution in [0, 0.1) is 10.1 Å². The number of pyridine rings is 1. The minimum absolute atomic E-state index is 0.0906.